The van der Waals surface area contributed by atoms with E-state index in [-0.39, 0.29) is 36.7 Å². The van der Waals surface area contributed by atoms with Crippen LogP contribution in [0.4, 0.5) is 5.69 Å². The molecule has 2 amide bonds. The normalized spacial score (nSPS) is 15.9. The highest BCUT2D eigenvalue weighted by Gasteiger charge is 2.33. The van der Waals surface area contributed by atoms with Crippen LogP contribution in [0.5, 0.6) is 11.5 Å². The summed E-state index contributed by atoms with van der Waals surface area (Å²) in [6.07, 6.45) is 3.93. The first-order valence-electron chi connectivity index (χ1n) is 12.4. The molecule has 0 bridgehead atoms. The van der Waals surface area contributed by atoms with Crippen molar-refractivity contribution >= 4 is 39.1 Å². The molecule has 9 nitrogen and oxygen atoms in total. The largest absolute Gasteiger partial charge is 0.454 e. The van der Waals surface area contributed by atoms with Gasteiger partial charge in [-0.3, -0.25) is 13.9 Å². The summed E-state index contributed by atoms with van der Waals surface area (Å²) >= 11 is 6.37. The number of ether oxygens (including phenoxy) is 2. The zero-order valence-electron chi connectivity index (χ0n) is 21.0. The second-order valence-electron chi connectivity index (χ2n) is 9.22. The van der Waals surface area contributed by atoms with Crippen molar-refractivity contribution in [3.63, 3.8) is 0 Å². The first-order valence-corrected chi connectivity index (χ1v) is 14.4. The van der Waals surface area contributed by atoms with E-state index in [0.717, 1.165) is 30.0 Å². The predicted octanol–water partition coefficient (Wildman–Crippen LogP) is 3.70. The van der Waals surface area contributed by atoms with E-state index in [4.69, 9.17) is 21.1 Å². The molecule has 0 radical (unpaired) electrons. The highest BCUT2D eigenvalue weighted by atomic mass is 35.5. The van der Waals surface area contributed by atoms with E-state index in [0.29, 0.717) is 22.1 Å². The van der Waals surface area contributed by atoms with Crippen molar-refractivity contribution in [3.8, 4) is 11.5 Å². The summed E-state index contributed by atoms with van der Waals surface area (Å²) in [5.74, 6) is -0.110. The fourth-order valence-electron chi connectivity index (χ4n) is 4.54. The van der Waals surface area contributed by atoms with Crippen LogP contribution in [0.2, 0.25) is 5.02 Å². The first kappa shape index (κ1) is 27.1. The Labute approximate surface area is 222 Å². The Morgan fingerprint density at radius 3 is 2.51 bits per heavy atom. The minimum atomic E-state index is -3.84. The predicted molar refractivity (Wildman–Crippen MR) is 141 cm³/mol. The maximum Gasteiger partial charge on any atom is 0.244 e. The Balaban J connectivity index is 1.62. The molecule has 0 spiro atoms. The molecule has 1 heterocycles. The zero-order chi connectivity index (χ0) is 26.6. The van der Waals surface area contributed by atoms with Crippen molar-refractivity contribution < 1.29 is 27.5 Å². The zero-order valence-corrected chi connectivity index (χ0v) is 22.6. The SMILES string of the molecule is CCS(=O)(=O)N(CC(=O)N(Cc1ccccc1Cl)[C@@H](C)C(=O)NC1CCCC1)c1ccc2c(c1)OCO2. The standard InChI is InChI=1S/C26H32ClN3O6S/c1-3-37(33,34)30(21-12-13-23-24(14-21)36-17-35-23)16-25(31)29(15-19-8-4-7-11-22(19)27)18(2)26(32)28-20-9-5-6-10-20/h4,7-8,11-14,18,20H,3,5-6,9-10,15-17H2,1-2H3,(H,28,32)/t18-/m0/s1. The molecule has 2 aliphatic rings. The molecular formula is C26H32ClN3O6S. The molecular weight excluding hydrogens is 518 g/mol. The number of anilines is 1. The van der Waals surface area contributed by atoms with Gasteiger partial charge in [0.15, 0.2) is 11.5 Å². The van der Waals surface area contributed by atoms with Crippen LogP contribution in [0.15, 0.2) is 42.5 Å². The summed E-state index contributed by atoms with van der Waals surface area (Å²) in [7, 11) is -3.84. The van der Waals surface area contributed by atoms with Gasteiger partial charge in [-0.25, -0.2) is 8.42 Å². The van der Waals surface area contributed by atoms with Gasteiger partial charge in [-0.05, 0) is 50.5 Å². The van der Waals surface area contributed by atoms with Gasteiger partial charge in [-0.15, -0.1) is 0 Å². The number of rotatable bonds is 10. The number of hydrogen-bond donors (Lipinski definition) is 1. The lowest BCUT2D eigenvalue weighted by molar-refractivity contribution is -0.139. The second-order valence-corrected chi connectivity index (χ2v) is 11.8. The number of fused-ring (bicyclic) bond motifs is 1. The van der Waals surface area contributed by atoms with Gasteiger partial charge in [0.1, 0.15) is 12.6 Å². The lowest BCUT2D eigenvalue weighted by Crippen LogP contribution is -2.52. The van der Waals surface area contributed by atoms with Gasteiger partial charge in [0.2, 0.25) is 28.6 Å². The Hall–Kier alpha value is -2.98. The smallest absolute Gasteiger partial charge is 0.244 e. The molecule has 37 heavy (non-hydrogen) atoms. The lowest BCUT2D eigenvalue weighted by Gasteiger charge is -2.32. The van der Waals surface area contributed by atoms with Gasteiger partial charge in [0.05, 0.1) is 11.4 Å². The summed E-state index contributed by atoms with van der Waals surface area (Å²) < 4.78 is 38.0. The first-order chi connectivity index (χ1) is 17.7. The Bertz CT molecular complexity index is 1250. The average Bonchev–Trinajstić information content (AvgIpc) is 3.57. The third kappa shape index (κ3) is 6.30. The van der Waals surface area contributed by atoms with Crippen LogP contribution in [-0.4, -0.2) is 56.3 Å². The molecule has 4 rings (SSSR count). The molecule has 1 N–H and O–H groups in total. The molecule has 2 aromatic carbocycles. The number of halogens is 1. The van der Waals surface area contributed by atoms with Crippen molar-refractivity contribution in [2.24, 2.45) is 0 Å². The molecule has 200 valence electrons. The molecule has 1 aliphatic carbocycles. The fraction of sp³-hybridized carbons (Fsp3) is 0.462. The van der Waals surface area contributed by atoms with E-state index in [1.165, 1.54) is 17.9 Å². The van der Waals surface area contributed by atoms with Crippen LogP contribution in [0.3, 0.4) is 0 Å². The maximum atomic E-state index is 13.8. The Morgan fingerprint density at radius 1 is 1.11 bits per heavy atom. The van der Waals surface area contributed by atoms with E-state index >= 15 is 0 Å². The number of nitrogens with zero attached hydrogens (tertiary/aromatic N) is 2. The summed E-state index contributed by atoms with van der Waals surface area (Å²) in [5, 5.41) is 3.50. The summed E-state index contributed by atoms with van der Waals surface area (Å²) in [4.78, 5) is 28.3. The van der Waals surface area contributed by atoms with Gasteiger partial charge in [0.25, 0.3) is 0 Å². The van der Waals surface area contributed by atoms with Gasteiger partial charge in [0, 0.05) is 23.7 Å². The van der Waals surface area contributed by atoms with E-state index in [2.05, 4.69) is 5.32 Å². The second kappa shape index (κ2) is 11.6. The average molecular weight is 550 g/mol. The lowest BCUT2D eigenvalue weighted by atomic mass is 10.1. The maximum absolute atomic E-state index is 13.8. The Morgan fingerprint density at radius 2 is 1.81 bits per heavy atom. The number of sulfonamides is 1. The molecule has 0 saturated heterocycles. The van der Waals surface area contributed by atoms with Crippen LogP contribution in [0.25, 0.3) is 0 Å². The molecule has 1 atom stereocenters. The van der Waals surface area contributed by atoms with Crippen molar-refractivity contribution in [2.45, 2.75) is 58.2 Å². The van der Waals surface area contributed by atoms with Crippen LogP contribution >= 0.6 is 11.6 Å². The fourth-order valence-corrected chi connectivity index (χ4v) is 5.79. The van der Waals surface area contributed by atoms with E-state index < -0.39 is 28.5 Å². The molecule has 11 heteroatoms. The monoisotopic (exact) mass is 549 g/mol. The molecule has 2 aromatic rings. The summed E-state index contributed by atoms with van der Waals surface area (Å²) in [6.45, 7) is 2.77. The highest BCUT2D eigenvalue weighted by Crippen LogP contribution is 2.36. The molecule has 0 aromatic heterocycles. The van der Waals surface area contributed by atoms with E-state index in [1.807, 2.05) is 0 Å². The van der Waals surface area contributed by atoms with Crippen molar-refractivity contribution in [2.75, 3.05) is 23.4 Å². The van der Waals surface area contributed by atoms with Crippen LogP contribution in [-0.2, 0) is 26.2 Å². The topological polar surface area (TPSA) is 105 Å². The number of hydrogen-bond acceptors (Lipinski definition) is 6. The van der Waals surface area contributed by atoms with Crippen molar-refractivity contribution in [3.05, 3.63) is 53.1 Å². The minimum Gasteiger partial charge on any atom is -0.454 e. The molecule has 1 fully saturated rings. The highest BCUT2D eigenvalue weighted by molar-refractivity contribution is 7.92. The molecule has 0 unspecified atom stereocenters. The number of benzene rings is 2. The summed E-state index contributed by atoms with van der Waals surface area (Å²) in [6, 6.07) is 11.0. The third-order valence-corrected chi connectivity index (χ3v) is 8.90. The third-order valence-electron chi connectivity index (χ3n) is 6.79. The Kier molecular flexibility index (Phi) is 8.49. The van der Waals surface area contributed by atoms with Crippen molar-refractivity contribution in [1.82, 2.24) is 10.2 Å². The van der Waals surface area contributed by atoms with Crippen LogP contribution < -0.4 is 19.1 Å². The number of amides is 2. The number of nitrogens with one attached hydrogen (secondary N) is 1. The summed E-state index contributed by atoms with van der Waals surface area (Å²) in [5.41, 5.74) is 0.936. The van der Waals surface area contributed by atoms with Gasteiger partial charge >= 0.3 is 0 Å². The molecule has 1 aliphatic heterocycles. The molecule has 1 saturated carbocycles. The van der Waals surface area contributed by atoms with E-state index in [1.54, 1.807) is 43.3 Å². The van der Waals surface area contributed by atoms with Crippen molar-refractivity contribution in [1.29, 1.82) is 0 Å². The van der Waals surface area contributed by atoms with Crippen LogP contribution in [0.1, 0.15) is 45.1 Å². The van der Waals surface area contributed by atoms with E-state index in [9.17, 15) is 18.0 Å². The van der Waals surface area contributed by atoms with Gasteiger partial charge in [-0.2, -0.15) is 0 Å². The quantitative estimate of drug-likeness (QED) is 0.484. The van der Waals surface area contributed by atoms with Crippen LogP contribution in [0, 0.1) is 0 Å². The minimum absolute atomic E-state index is 0.0392. The number of carbonyl (C=O) groups is 2. The van der Waals surface area contributed by atoms with Gasteiger partial charge < -0.3 is 19.7 Å². The number of carbonyl (C=O) groups excluding carboxylic acids is 2. The van der Waals surface area contributed by atoms with Gasteiger partial charge in [-0.1, -0.05) is 42.6 Å².